The van der Waals surface area contributed by atoms with Crippen LogP contribution in [-0.2, 0) is 9.53 Å². The van der Waals surface area contributed by atoms with Crippen LogP contribution in [0.1, 0.15) is 21.6 Å². The number of morpholine rings is 1. The minimum absolute atomic E-state index is 0.0289. The SMILES string of the molecule is Cc1cc(-n2nc(C(=O)N3CCN(CC(=O)N4CCOCC4)CC3)c(=O)[nH]c2=O)cc(C)c1Oc1ccc(O)c(Br)c1. The fraction of sp³-hybridized carbons (Fsp3) is 0.393. The van der Waals surface area contributed by atoms with E-state index in [0.29, 0.717) is 85.3 Å². The number of rotatable bonds is 6. The van der Waals surface area contributed by atoms with E-state index >= 15 is 0 Å². The largest absolute Gasteiger partial charge is 0.507 e. The molecule has 14 heteroatoms. The number of ether oxygens (including phenoxy) is 2. The molecule has 0 radical (unpaired) electrons. The highest BCUT2D eigenvalue weighted by atomic mass is 79.9. The van der Waals surface area contributed by atoms with Gasteiger partial charge in [-0.2, -0.15) is 9.78 Å². The lowest BCUT2D eigenvalue weighted by molar-refractivity contribution is -0.136. The zero-order valence-electron chi connectivity index (χ0n) is 23.3. The fourth-order valence-corrected chi connectivity index (χ4v) is 5.32. The molecular formula is C28H31BrN6O7. The van der Waals surface area contributed by atoms with Gasteiger partial charge in [0.25, 0.3) is 11.5 Å². The van der Waals surface area contributed by atoms with Gasteiger partial charge in [0.15, 0.2) is 0 Å². The van der Waals surface area contributed by atoms with Crippen molar-refractivity contribution < 1.29 is 24.2 Å². The number of carbonyl (C=O) groups is 2. The van der Waals surface area contributed by atoms with E-state index in [1.54, 1.807) is 43.0 Å². The molecule has 2 amide bonds. The second-order valence-electron chi connectivity index (χ2n) is 10.2. The Morgan fingerprint density at radius 3 is 2.31 bits per heavy atom. The summed E-state index contributed by atoms with van der Waals surface area (Å²) in [4.78, 5) is 58.8. The van der Waals surface area contributed by atoms with Gasteiger partial charge in [-0.3, -0.25) is 24.3 Å². The average Bonchev–Trinajstić information content (AvgIpc) is 2.97. The lowest BCUT2D eigenvalue weighted by Crippen LogP contribution is -2.53. The van der Waals surface area contributed by atoms with E-state index < -0.39 is 22.9 Å². The lowest BCUT2D eigenvalue weighted by atomic mass is 10.1. The van der Waals surface area contributed by atoms with E-state index in [1.165, 1.54) is 11.0 Å². The number of phenolic OH excluding ortho intramolecular Hbond substituents is 1. The molecule has 0 bridgehead atoms. The summed E-state index contributed by atoms with van der Waals surface area (Å²) in [5.74, 6) is 0.573. The summed E-state index contributed by atoms with van der Waals surface area (Å²) >= 11 is 3.27. The van der Waals surface area contributed by atoms with Gasteiger partial charge >= 0.3 is 5.69 Å². The molecule has 5 rings (SSSR count). The molecule has 0 unspecified atom stereocenters. The number of hydrogen-bond donors (Lipinski definition) is 2. The standard InChI is InChI=1S/C28H31BrN6O7/c1-17-13-19(14-18(2)25(17)42-20-3-4-22(36)21(29)15-20)35-28(40)30-26(38)24(31-35)27(39)34-7-5-32(6-8-34)16-23(37)33-9-11-41-12-10-33/h3-4,13-15,36H,5-12,16H2,1-2H3,(H,30,38,40). The van der Waals surface area contributed by atoms with Crippen LogP contribution in [0, 0.1) is 13.8 Å². The molecule has 0 aliphatic carbocycles. The monoisotopic (exact) mass is 642 g/mol. The van der Waals surface area contributed by atoms with Crippen molar-refractivity contribution in [2.24, 2.45) is 0 Å². The highest BCUT2D eigenvalue weighted by Gasteiger charge is 2.28. The van der Waals surface area contributed by atoms with Gasteiger partial charge in [-0.05, 0) is 71.2 Å². The van der Waals surface area contributed by atoms with Crippen LogP contribution >= 0.6 is 15.9 Å². The number of aromatic hydroxyl groups is 1. The Balaban J connectivity index is 1.30. The van der Waals surface area contributed by atoms with Crippen molar-refractivity contribution in [2.45, 2.75) is 13.8 Å². The van der Waals surface area contributed by atoms with Crippen LogP contribution < -0.4 is 16.0 Å². The van der Waals surface area contributed by atoms with Gasteiger partial charge in [0, 0.05) is 39.3 Å². The summed E-state index contributed by atoms with van der Waals surface area (Å²) in [7, 11) is 0. The first-order chi connectivity index (χ1) is 20.1. The van der Waals surface area contributed by atoms with E-state index in [1.807, 2.05) is 4.90 Å². The number of aromatic nitrogens is 3. The number of phenols is 1. The van der Waals surface area contributed by atoms with Crippen molar-refractivity contribution in [1.29, 1.82) is 0 Å². The van der Waals surface area contributed by atoms with E-state index in [-0.39, 0.29) is 18.2 Å². The zero-order chi connectivity index (χ0) is 30.0. The van der Waals surface area contributed by atoms with Gasteiger partial charge in [-0.1, -0.05) is 0 Å². The third kappa shape index (κ3) is 6.40. The van der Waals surface area contributed by atoms with Gasteiger partial charge < -0.3 is 24.4 Å². The van der Waals surface area contributed by atoms with Gasteiger partial charge in [0.2, 0.25) is 11.6 Å². The number of aromatic amines is 1. The molecule has 2 fully saturated rings. The normalized spacial score (nSPS) is 16.0. The van der Waals surface area contributed by atoms with Crippen molar-refractivity contribution in [1.82, 2.24) is 29.5 Å². The molecule has 222 valence electrons. The molecule has 2 saturated heterocycles. The quantitative estimate of drug-likeness (QED) is 0.407. The van der Waals surface area contributed by atoms with Crippen LogP contribution in [-0.4, -0.2) is 105 Å². The zero-order valence-corrected chi connectivity index (χ0v) is 24.8. The maximum absolute atomic E-state index is 13.3. The van der Waals surface area contributed by atoms with Crippen molar-refractivity contribution in [2.75, 3.05) is 59.0 Å². The molecule has 3 aromatic rings. The highest BCUT2D eigenvalue weighted by Crippen LogP contribution is 2.34. The Kier molecular flexibility index (Phi) is 8.75. The first kappa shape index (κ1) is 29.5. The molecule has 0 spiro atoms. The minimum atomic E-state index is -0.863. The van der Waals surface area contributed by atoms with E-state index in [4.69, 9.17) is 9.47 Å². The second kappa shape index (κ2) is 12.5. The molecule has 3 heterocycles. The number of aryl methyl sites for hydroxylation is 2. The molecule has 0 atom stereocenters. The third-order valence-corrected chi connectivity index (χ3v) is 7.88. The molecular weight excluding hydrogens is 612 g/mol. The number of hydrogen-bond acceptors (Lipinski definition) is 9. The molecule has 1 aromatic heterocycles. The Labute approximate surface area is 249 Å². The van der Waals surface area contributed by atoms with Crippen LogP contribution in [0.5, 0.6) is 17.2 Å². The van der Waals surface area contributed by atoms with Gasteiger partial charge in [-0.25, -0.2) is 4.79 Å². The first-order valence-electron chi connectivity index (χ1n) is 13.5. The van der Waals surface area contributed by atoms with Gasteiger partial charge in [-0.15, -0.1) is 0 Å². The molecule has 2 N–H and O–H groups in total. The molecule has 2 aromatic carbocycles. The van der Waals surface area contributed by atoms with Crippen molar-refractivity contribution in [3.63, 3.8) is 0 Å². The molecule has 0 saturated carbocycles. The molecule has 13 nitrogen and oxygen atoms in total. The number of nitrogens with one attached hydrogen (secondary N) is 1. The molecule has 2 aliphatic rings. The third-order valence-electron chi connectivity index (χ3n) is 7.24. The number of halogens is 1. The van der Waals surface area contributed by atoms with Gasteiger partial charge in [0.1, 0.15) is 17.2 Å². The summed E-state index contributed by atoms with van der Waals surface area (Å²) in [5, 5.41) is 13.9. The van der Waals surface area contributed by atoms with Crippen molar-refractivity contribution in [3.05, 3.63) is 72.5 Å². The summed E-state index contributed by atoms with van der Waals surface area (Å²) in [6, 6.07) is 8.11. The summed E-state index contributed by atoms with van der Waals surface area (Å²) in [6.45, 7) is 7.64. The van der Waals surface area contributed by atoms with Crippen LogP contribution in [0.2, 0.25) is 0 Å². The number of H-pyrrole nitrogens is 1. The highest BCUT2D eigenvalue weighted by molar-refractivity contribution is 9.10. The Bertz CT molecular complexity index is 1600. The summed E-state index contributed by atoms with van der Waals surface area (Å²) in [6.07, 6.45) is 0. The summed E-state index contributed by atoms with van der Waals surface area (Å²) < 4.78 is 12.8. The number of amides is 2. The van der Waals surface area contributed by atoms with E-state index in [2.05, 4.69) is 26.0 Å². The maximum atomic E-state index is 13.3. The van der Waals surface area contributed by atoms with E-state index in [9.17, 15) is 24.3 Å². The van der Waals surface area contributed by atoms with Crippen molar-refractivity contribution >= 4 is 27.7 Å². The lowest BCUT2D eigenvalue weighted by Gasteiger charge is -2.35. The minimum Gasteiger partial charge on any atom is -0.507 e. The molecule has 42 heavy (non-hydrogen) atoms. The number of nitrogens with zero attached hydrogens (tertiary/aromatic N) is 5. The van der Waals surface area contributed by atoms with Gasteiger partial charge in [0.05, 0.1) is 29.9 Å². The van der Waals surface area contributed by atoms with Crippen LogP contribution in [0.4, 0.5) is 0 Å². The topological polar surface area (TPSA) is 150 Å². The van der Waals surface area contributed by atoms with Crippen LogP contribution in [0.15, 0.2) is 44.4 Å². The Morgan fingerprint density at radius 2 is 1.67 bits per heavy atom. The number of benzene rings is 2. The number of carbonyl (C=O) groups excluding carboxylic acids is 2. The Morgan fingerprint density at radius 1 is 1.00 bits per heavy atom. The van der Waals surface area contributed by atoms with Crippen molar-refractivity contribution in [3.8, 4) is 22.9 Å². The maximum Gasteiger partial charge on any atom is 0.349 e. The predicted octanol–water partition coefficient (Wildman–Crippen LogP) is 1.41. The fourth-order valence-electron chi connectivity index (χ4n) is 4.96. The first-order valence-corrected chi connectivity index (χ1v) is 14.3. The molecule has 2 aliphatic heterocycles. The number of piperazine rings is 1. The predicted molar refractivity (Wildman–Crippen MR) is 156 cm³/mol. The Hall–Kier alpha value is -4.01. The average molecular weight is 643 g/mol. The second-order valence-corrected chi connectivity index (χ2v) is 11.1. The smallest absolute Gasteiger partial charge is 0.349 e. The van der Waals surface area contributed by atoms with Crippen LogP contribution in [0.3, 0.4) is 0 Å². The van der Waals surface area contributed by atoms with E-state index in [0.717, 1.165) is 4.68 Å². The van der Waals surface area contributed by atoms with Crippen LogP contribution in [0.25, 0.3) is 5.69 Å². The summed E-state index contributed by atoms with van der Waals surface area (Å²) in [5.41, 5.74) is -0.312.